The monoisotopic (exact) mass is 117 g/mol. The molecule has 0 N–H and O–H groups in total. The van der Waals surface area contributed by atoms with Crippen LogP contribution >= 0.6 is 0 Å². The second-order valence-corrected chi connectivity index (χ2v) is 1.95. The van der Waals surface area contributed by atoms with E-state index in [2.05, 4.69) is 18.6 Å². The van der Waals surface area contributed by atoms with Crippen LogP contribution in [0.3, 0.4) is 0 Å². The van der Waals surface area contributed by atoms with Crippen molar-refractivity contribution in [3.63, 3.8) is 0 Å². The van der Waals surface area contributed by atoms with Crippen molar-refractivity contribution < 1.29 is 9.47 Å². The van der Waals surface area contributed by atoms with Gasteiger partial charge in [-0.1, -0.05) is 13.8 Å². The fourth-order valence-electron chi connectivity index (χ4n) is 0.300. The predicted octanol–water partition coefficient (Wildman–Crippen LogP) is 1.42. The molecule has 49 valence electrons. The Morgan fingerprint density at radius 3 is 2.50 bits per heavy atom. The van der Waals surface area contributed by atoms with Gasteiger partial charge in [-0.25, -0.2) is 0 Å². The summed E-state index contributed by atoms with van der Waals surface area (Å²) >= 11 is 0. The van der Waals surface area contributed by atoms with E-state index in [0.717, 1.165) is 0 Å². The van der Waals surface area contributed by atoms with E-state index in [-0.39, 0.29) is 0 Å². The molecule has 0 saturated heterocycles. The number of ether oxygens (including phenoxy) is 2. The number of rotatable bonds is 4. The van der Waals surface area contributed by atoms with E-state index >= 15 is 0 Å². The first-order chi connectivity index (χ1) is 3.77. The molecule has 0 aliphatic heterocycles. The molecule has 0 rings (SSSR count). The maximum atomic E-state index is 4.90. The maximum absolute atomic E-state index is 4.90. The van der Waals surface area contributed by atoms with Crippen LogP contribution in [0.25, 0.3) is 0 Å². The quantitative estimate of drug-likeness (QED) is 0.409. The lowest BCUT2D eigenvalue weighted by Crippen LogP contribution is -1.97. The van der Waals surface area contributed by atoms with Crippen molar-refractivity contribution in [3.8, 4) is 0 Å². The van der Waals surface area contributed by atoms with Crippen molar-refractivity contribution in [1.29, 1.82) is 0 Å². The van der Waals surface area contributed by atoms with Crippen LogP contribution in [0.2, 0.25) is 0 Å². The third-order valence-corrected chi connectivity index (χ3v) is 0.554. The van der Waals surface area contributed by atoms with Gasteiger partial charge in [-0.05, 0) is 5.92 Å². The van der Waals surface area contributed by atoms with Gasteiger partial charge >= 0.3 is 0 Å². The van der Waals surface area contributed by atoms with Gasteiger partial charge in [-0.2, -0.15) is 0 Å². The van der Waals surface area contributed by atoms with E-state index in [9.17, 15) is 0 Å². The van der Waals surface area contributed by atoms with Gasteiger partial charge in [0.25, 0.3) is 0 Å². The second kappa shape index (κ2) is 5.06. The zero-order chi connectivity index (χ0) is 6.41. The first-order valence-corrected chi connectivity index (χ1v) is 2.71. The normalized spacial score (nSPS) is 10.5. The summed E-state index contributed by atoms with van der Waals surface area (Å²) in [7, 11) is 1.61. The second-order valence-electron chi connectivity index (χ2n) is 1.95. The number of hydrogen-bond acceptors (Lipinski definition) is 2. The van der Waals surface area contributed by atoms with E-state index in [1.165, 1.54) is 0 Å². The van der Waals surface area contributed by atoms with Crippen molar-refractivity contribution in [2.24, 2.45) is 5.92 Å². The van der Waals surface area contributed by atoms with Gasteiger partial charge in [0.2, 0.25) is 0 Å². The first-order valence-electron chi connectivity index (χ1n) is 2.71. The Kier molecular flexibility index (Phi) is 5.01. The van der Waals surface area contributed by atoms with Crippen molar-refractivity contribution in [3.05, 3.63) is 6.61 Å². The van der Waals surface area contributed by atoms with Gasteiger partial charge < -0.3 is 9.47 Å². The molecule has 0 spiro atoms. The zero-order valence-corrected chi connectivity index (χ0v) is 5.68. The van der Waals surface area contributed by atoms with E-state index in [1.807, 2.05) is 0 Å². The van der Waals surface area contributed by atoms with Crippen LogP contribution in [0.15, 0.2) is 0 Å². The molecule has 0 aliphatic carbocycles. The third-order valence-electron chi connectivity index (χ3n) is 0.554. The van der Waals surface area contributed by atoms with Crippen LogP contribution in [0.1, 0.15) is 13.8 Å². The standard InChI is InChI=1S/C6H13O2/c1-6(2)4-8-5-7-3/h4,6H,5H2,1-3H3. The van der Waals surface area contributed by atoms with Crippen LogP contribution in [-0.2, 0) is 9.47 Å². The van der Waals surface area contributed by atoms with Gasteiger partial charge in [0.05, 0.1) is 6.61 Å². The van der Waals surface area contributed by atoms with Crippen LogP contribution in [0, 0.1) is 12.5 Å². The molecule has 0 atom stereocenters. The van der Waals surface area contributed by atoms with E-state index in [1.54, 1.807) is 13.7 Å². The lowest BCUT2D eigenvalue weighted by Gasteiger charge is -2.02. The van der Waals surface area contributed by atoms with Crippen molar-refractivity contribution >= 4 is 0 Å². The average Bonchev–Trinajstić information content (AvgIpc) is 1.66. The lowest BCUT2D eigenvalue weighted by atomic mass is 10.2. The first kappa shape index (κ1) is 7.92. The largest absolute Gasteiger partial charge is 0.359 e. The highest BCUT2D eigenvalue weighted by Crippen LogP contribution is 1.97. The summed E-state index contributed by atoms with van der Waals surface area (Å²) in [5.41, 5.74) is 0. The van der Waals surface area contributed by atoms with Gasteiger partial charge in [0.15, 0.2) is 0 Å². The Labute approximate surface area is 50.8 Å². The highest BCUT2D eigenvalue weighted by Gasteiger charge is 1.91. The molecule has 0 saturated carbocycles. The van der Waals surface area contributed by atoms with E-state index in [0.29, 0.717) is 12.7 Å². The summed E-state index contributed by atoms with van der Waals surface area (Å²) < 4.78 is 9.54. The molecular weight excluding hydrogens is 104 g/mol. The molecule has 8 heavy (non-hydrogen) atoms. The molecule has 2 heteroatoms. The summed E-state index contributed by atoms with van der Waals surface area (Å²) in [6.07, 6.45) is 0. The summed E-state index contributed by atoms with van der Waals surface area (Å²) in [4.78, 5) is 0. The fourth-order valence-corrected chi connectivity index (χ4v) is 0.300. The highest BCUT2D eigenvalue weighted by molar-refractivity contribution is 4.52. The molecule has 0 unspecified atom stereocenters. The Balaban J connectivity index is 2.72. The molecule has 0 aromatic carbocycles. The minimum Gasteiger partial charge on any atom is -0.359 e. The Bertz CT molecular complexity index is 43.8. The predicted molar refractivity (Wildman–Crippen MR) is 32.1 cm³/mol. The molecule has 0 fully saturated rings. The van der Waals surface area contributed by atoms with E-state index in [4.69, 9.17) is 4.74 Å². The number of methoxy groups -OCH3 is 1. The lowest BCUT2D eigenvalue weighted by molar-refractivity contribution is -0.00848. The third kappa shape index (κ3) is 5.92. The van der Waals surface area contributed by atoms with Crippen LogP contribution in [0.5, 0.6) is 0 Å². The molecule has 0 bridgehead atoms. The summed E-state index contributed by atoms with van der Waals surface area (Å²) in [6.45, 7) is 6.22. The van der Waals surface area contributed by atoms with Crippen molar-refractivity contribution in [2.45, 2.75) is 13.8 Å². The molecule has 2 nitrogen and oxygen atoms in total. The highest BCUT2D eigenvalue weighted by atomic mass is 16.7. The molecule has 0 heterocycles. The maximum Gasteiger partial charge on any atom is 0.146 e. The summed E-state index contributed by atoms with van der Waals surface area (Å²) in [5.74, 6) is 0.477. The van der Waals surface area contributed by atoms with Crippen LogP contribution in [0.4, 0.5) is 0 Å². The molecular formula is C6H13O2. The Hall–Kier alpha value is -0.0800. The van der Waals surface area contributed by atoms with Crippen LogP contribution < -0.4 is 0 Å². The average molecular weight is 117 g/mol. The van der Waals surface area contributed by atoms with Gasteiger partial charge in [-0.15, -0.1) is 0 Å². The molecule has 0 amide bonds. The Morgan fingerprint density at radius 1 is 1.50 bits per heavy atom. The van der Waals surface area contributed by atoms with Crippen LogP contribution in [-0.4, -0.2) is 13.9 Å². The van der Waals surface area contributed by atoms with Crippen molar-refractivity contribution in [1.82, 2.24) is 0 Å². The molecule has 0 aromatic rings. The van der Waals surface area contributed by atoms with E-state index < -0.39 is 0 Å². The summed E-state index contributed by atoms with van der Waals surface area (Å²) in [6, 6.07) is 0. The Morgan fingerprint density at radius 2 is 2.12 bits per heavy atom. The topological polar surface area (TPSA) is 18.5 Å². The summed E-state index contributed by atoms with van der Waals surface area (Å²) in [5, 5.41) is 0. The SMILES string of the molecule is COCO[CH]C(C)C. The van der Waals surface area contributed by atoms with Crippen molar-refractivity contribution in [2.75, 3.05) is 13.9 Å². The fraction of sp³-hybridized carbons (Fsp3) is 0.833. The minimum absolute atomic E-state index is 0.359. The molecule has 0 aromatic heterocycles. The van der Waals surface area contributed by atoms with Gasteiger partial charge in [0.1, 0.15) is 6.79 Å². The smallest absolute Gasteiger partial charge is 0.146 e. The minimum atomic E-state index is 0.359. The van der Waals surface area contributed by atoms with Gasteiger partial charge in [-0.3, -0.25) is 0 Å². The van der Waals surface area contributed by atoms with Gasteiger partial charge in [0, 0.05) is 7.11 Å². The molecule has 0 aliphatic rings. The molecule has 1 radical (unpaired) electrons. The number of hydrogen-bond donors (Lipinski definition) is 0. The zero-order valence-electron chi connectivity index (χ0n) is 5.68.